The van der Waals surface area contributed by atoms with Gasteiger partial charge in [0.15, 0.2) is 0 Å². The Morgan fingerprint density at radius 2 is 1.85 bits per heavy atom. The summed E-state index contributed by atoms with van der Waals surface area (Å²) in [5.41, 5.74) is -0.883. The van der Waals surface area contributed by atoms with Gasteiger partial charge in [-0.1, -0.05) is 0 Å². The van der Waals surface area contributed by atoms with Crippen LogP contribution < -0.4 is 15.8 Å². The Hall–Kier alpha value is -2.88. The lowest BCUT2D eigenvalue weighted by Crippen LogP contribution is -2.44. The predicted octanol–water partition coefficient (Wildman–Crippen LogP) is 1.79. The minimum Gasteiger partial charge on any atom is -0.367 e. The number of nitrogens with one attached hydrogen (secondary N) is 2. The maximum atomic E-state index is 13.1. The highest BCUT2D eigenvalue weighted by molar-refractivity contribution is 6.04. The summed E-state index contributed by atoms with van der Waals surface area (Å²) in [7, 11) is 1.97. The van der Waals surface area contributed by atoms with Crippen molar-refractivity contribution in [2.75, 3.05) is 43.4 Å². The Bertz CT molecular complexity index is 868. The van der Waals surface area contributed by atoms with Gasteiger partial charge in [0, 0.05) is 32.2 Å². The highest BCUT2D eigenvalue weighted by atomic mass is 19.4. The third-order valence-corrected chi connectivity index (χ3v) is 4.33. The van der Waals surface area contributed by atoms with E-state index in [0.717, 1.165) is 31.3 Å². The third kappa shape index (κ3) is 4.45. The van der Waals surface area contributed by atoms with Gasteiger partial charge in [0.05, 0.1) is 16.9 Å². The van der Waals surface area contributed by atoms with Crippen LogP contribution in [0.1, 0.15) is 16.1 Å². The number of amides is 1. The van der Waals surface area contributed by atoms with Gasteiger partial charge in [0.2, 0.25) is 0 Å². The monoisotopic (exact) mass is 381 g/mol. The van der Waals surface area contributed by atoms with Crippen molar-refractivity contribution in [3.8, 4) is 0 Å². The van der Waals surface area contributed by atoms with E-state index in [1.54, 1.807) is 0 Å². The number of carbonyl (C=O) groups excluding carboxylic acids is 1. The second-order valence-electron chi connectivity index (χ2n) is 6.28. The van der Waals surface area contributed by atoms with Crippen LogP contribution in [0.15, 0.2) is 35.1 Å². The van der Waals surface area contributed by atoms with Crippen molar-refractivity contribution < 1.29 is 18.0 Å². The summed E-state index contributed by atoms with van der Waals surface area (Å²) in [6, 6.07) is 5.61. The molecule has 0 atom stereocenters. The molecule has 0 spiro atoms. The van der Waals surface area contributed by atoms with E-state index in [1.807, 2.05) is 11.9 Å². The quantitative estimate of drug-likeness (QED) is 0.847. The molecule has 1 fully saturated rings. The Balaban J connectivity index is 1.93. The molecule has 27 heavy (non-hydrogen) atoms. The molecule has 0 bridgehead atoms. The second kappa shape index (κ2) is 7.39. The molecule has 1 aromatic heterocycles. The molecule has 1 amide bonds. The Morgan fingerprint density at radius 3 is 2.44 bits per heavy atom. The first kappa shape index (κ1) is 18.9. The molecule has 144 valence electrons. The molecule has 7 nitrogen and oxygen atoms in total. The zero-order valence-electron chi connectivity index (χ0n) is 14.5. The van der Waals surface area contributed by atoms with Crippen LogP contribution in [0.5, 0.6) is 0 Å². The van der Waals surface area contributed by atoms with Crippen LogP contribution in [0.25, 0.3) is 0 Å². The van der Waals surface area contributed by atoms with Crippen molar-refractivity contribution >= 4 is 17.3 Å². The van der Waals surface area contributed by atoms with Crippen LogP contribution in [-0.4, -0.2) is 54.2 Å². The molecule has 1 aliphatic heterocycles. The smallest absolute Gasteiger partial charge is 0.367 e. The van der Waals surface area contributed by atoms with Gasteiger partial charge in [0.25, 0.3) is 11.5 Å². The van der Waals surface area contributed by atoms with Crippen LogP contribution in [0.4, 0.5) is 24.5 Å². The summed E-state index contributed by atoms with van der Waals surface area (Å²) in [5, 5.41) is 8.22. The summed E-state index contributed by atoms with van der Waals surface area (Å²) < 4.78 is 39.3. The zero-order valence-corrected chi connectivity index (χ0v) is 14.5. The summed E-state index contributed by atoms with van der Waals surface area (Å²) in [5.74, 6) is -0.707. The molecule has 1 saturated heterocycles. The fourth-order valence-electron chi connectivity index (χ4n) is 2.79. The Morgan fingerprint density at radius 1 is 1.15 bits per heavy atom. The first-order chi connectivity index (χ1) is 12.7. The number of anilines is 2. The van der Waals surface area contributed by atoms with Crippen LogP contribution in [0.3, 0.4) is 0 Å². The van der Waals surface area contributed by atoms with E-state index in [9.17, 15) is 22.8 Å². The Labute approximate surface area is 152 Å². The zero-order chi connectivity index (χ0) is 19.6. The van der Waals surface area contributed by atoms with E-state index in [-0.39, 0.29) is 11.4 Å². The van der Waals surface area contributed by atoms with E-state index < -0.39 is 23.2 Å². The van der Waals surface area contributed by atoms with E-state index >= 15 is 0 Å². The molecule has 10 heteroatoms. The standard InChI is InChI=1S/C17H18F3N5O2/c1-24-6-8-25(9-7-24)14-4-2-11(17(18,19)20)10-13(14)21-16(27)12-3-5-15(26)23-22-12/h2-5,10H,6-9H2,1H3,(H,21,27)(H,23,26). The number of benzene rings is 1. The third-order valence-electron chi connectivity index (χ3n) is 4.33. The van der Waals surface area contributed by atoms with Crippen molar-refractivity contribution in [3.63, 3.8) is 0 Å². The minimum atomic E-state index is -4.53. The van der Waals surface area contributed by atoms with Gasteiger partial charge in [-0.15, -0.1) is 0 Å². The first-order valence-electron chi connectivity index (χ1n) is 8.26. The number of alkyl halides is 3. The average Bonchev–Trinajstić information content (AvgIpc) is 2.62. The summed E-state index contributed by atoms with van der Waals surface area (Å²) in [6.07, 6.45) is -4.53. The van der Waals surface area contributed by atoms with Gasteiger partial charge in [-0.2, -0.15) is 18.3 Å². The molecular weight excluding hydrogens is 363 g/mol. The number of likely N-dealkylation sites (N-methyl/N-ethyl adjacent to an activating group) is 1. The molecule has 1 aromatic carbocycles. The van der Waals surface area contributed by atoms with E-state index in [2.05, 4.69) is 20.4 Å². The topological polar surface area (TPSA) is 81.3 Å². The maximum Gasteiger partial charge on any atom is 0.416 e. The van der Waals surface area contributed by atoms with Crippen molar-refractivity contribution in [1.29, 1.82) is 0 Å². The molecule has 0 aliphatic carbocycles. The molecule has 2 N–H and O–H groups in total. The van der Waals surface area contributed by atoms with E-state index in [1.165, 1.54) is 12.1 Å². The number of piperazine rings is 1. The summed E-state index contributed by atoms with van der Waals surface area (Å²) in [4.78, 5) is 27.5. The van der Waals surface area contributed by atoms with Crippen LogP contribution in [0.2, 0.25) is 0 Å². The van der Waals surface area contributed by atoms with Gasteiger partial charge >= 0.3 is 6.18 Å². The SMILES string of the molecule is CN1CCN(c2ccc(C(F)(F)F)cc2NC(=O)c2ccc(=O)[nH]n2)CC1. The van der Waals surface area contributed by atoms with Crippen molar-refractivity contribution in [3.05, 3.63) is 51.9 Å². The fraction of sp³-hybridized carbons (Fsp3) is 0.353. The number of hydrogen-bond donors (Lipinski definition) is 2. The number of halogens is 3. The number of rotatable bonds is 3. The van der Waals surface area contributed by atoms with Crippen molar-refractivity contribution in [2.45, 2.75) is 6.18 Å². The highest BCUT2D eigenvalue weighted by Crippen LogP contribution is 2.36. The maximum absolute atomic E-state index is 13.1. The molecule has 0 radical (unpaired) electrons. The van der Waals surface area contributed by atoms with E-state index in [0.29, 0.717) is 18.8 Å². The number of carbonyl (C=O) groups is 1. The molecular formula is C17H18F3N5O2. The fourth-order valence-corrected chi connectivity index (χ4v) is 2.79. The van der Waals surface area contributed by atoms with E-state index in [4.69, 9.17) is 0 Å². The van der Waals surface area contributed by atoms with Gasteiger partial charge in [-0.3, -0.25) is 9.59 Å². The lowest BCUT2D eigenvalue weighted by molar-refractivity contribution is -0.137. The molecule has 0 unspecified atom stereocenters. The largest absolute Gasteiger partial charge is 0.416 e. The van der Waals surface area contributed by atoms with Crippen LogP contribution in [-0.2, 0) is 6.18 Å². The second-order valence-corrected chi connectivity index (χ2v) is 6.28. The van der Waals surface area contributed by atoms with Crippen LogP contribution in [0, 0.1) is 0 Å². The molecule has 3 rings (SSSR count). The summed E-state index contributed by atoms with van der Waals surface area (Å²) >= 11 is 0. The van der Waals surface area contributed by atoms with Crippen molar-refractivity contribution in [2.24, 2.45) is 0 Å². The summed E-state index contributed by atoms with van der Waals surface area (Å²) in [6.45, 7) is 2.77. The molecule has 0 saturated carbocycles. The highest BCUT2D eigenvalue weighted by Gasteiger charge is 2.32. The molecule has 2 heterocycles. The number of hydrogen-bond acceptors (Lipinski definition) is 5. The average molecular weight is 381 g/mol. The van der Waals surface area contributed by atoms with Crippen molar-refractivity contribution in [1.82, 2.24) is 15.1 Å². The molecule has 2 aromatic rings. The predicted molar refractivity (Wildman–Crippen MR) is 94.0 cm³/mol. The lowest BCUT2D eigenvalue weighted by Gasteiger charge is -2.35. The number of nitrogens with zero attached hydrogens (tertiary/aromatic N) is 3. The molecule has 1 aliphatic rings. The number of aromatic nitrogens is 2. The Kier molecular flexibility index (Phi) is 5.17. The van der Waals surface area contributed by atoms with Gasteiger partial charge in [0.1, 0.15) is 5.69 Å². The normalized spacial score (nSPS) is 15.6. The number of aromatic amines is 1. The van der Waals surface area contributed by atoms with Gasteiger partial charge in [-0.05, 0) is 31.3 Å². The number of H-pyrrole nitrogens is 1. The van der Waals surface area contributed by atoms with Crippen LogP contribution >= 0.6 is 0 Å². The first-order valence-corrected chi connectivity index (χ1v) is 8.26. The van der Waals surface area contributed by atoms with Gasteiger partial charge < -0.3 is 15.1 Å². The van der Waals surface area contributed by atoms with Gasteiger partial charge in [-0.25, -0.2) is 5.10 Å². The minimum absolute atomic E-state index is 0.0485. The lowest BCUT2D eigenvalue weighted by atomic mass is 10.1.